The Labute approximate surface area is 147 Å². The van der Waals surface area contributed by atoms with Crippen molar-refractivity contribution in [1.29, 1.82) is 0 Å². The van der Waals surface area contributed by atoms with Gasteiger partial charge in [-0.05, 0) is 46.5 Å². The summed E-state index contributed by atoms with van der Waals surface area (Å²) in [6.07, 6.45) is 5.11. The van der Waals surface area contributed by atoms with Crippen LogP contribution in [0.1, 0.15) is 52.9 Å². The average molecular weight is 338 g/mol. The van der Waals surface area contributed by atoms with Gasteiger partial charge in [0, 0.05) is 51.2 Å². The molecule has 0 atom stereocenters. The number of amides is 1. The molecular weight excluding hydrogens is 302 g/mol. The van der Waals surface area contributed by atoms with E-state index in [9.17, 15) is 4.79 Å². The van der Waals surface area contributed by atoms with Crippen LogP contribution in [0.2, 0.25) is 0 Å². The minimum absolute atomic E-state index is 0.248. The first-order valence-corrected chi connectivity index (χ1v) is 9.66. The fourth-order valence-electron chi connectivity index (χ4n) is 3.46. The molecule has 0 spiro atoms. The van der Waals surface area contributed by atoms with E-state index in [2.05, 4.69) is 41.3 Å². The topological polar surface area (TPSA) is 60.0 Å². The number of aliphatic imine (C=N–C) groups is 1. The van der Waals surface area contributed by atoms with Gasteiger partial charge in [0.25, 0.3) is 0 Å². The minimum Gasteiger partial charge on any atom is -0.357 e. The number of piperidine rings is 1. The Bertz CT molecular complexity index is 410. The third-order valence-electron chi connectivity index (χ3n) is 5.00. The summed E-state index contributed by atoms with van der Waals surface area (Å²) in [4.78, 5) is 21.2. The van der Waals surface area contributed by atoms with Crippen LogP contribution in [0.3, 0.4) is 0 Å². The van der Waals surface area contributed by atoms with Gasteiger partial charge >= 0.3 is 0 Å². The third-order valence-corrected chi connectivity index (χ3v) is 5.00. The third kappa shape index (κ3) is 5.96. The van der Waals surface area contributed by atoms with E-state index in [0.717, 1.165) is 64.4 Å². The van der Waals surface area contributed by atoms with Crippen molar-refractivity contribution in [1.82, 2.24) is 20.4 Å². The molecule has 2 N–H and O–H groups in total. The van der Waals surface area contributed by atoms with Gasteiger partial charge in [0.15, 0.2) is 5.96 Å². The molecule has 0 aliphatic carbocycles. The molecule has 0 unspecified atom stereocenters. The first kappa shape index (κ1) is 19.0. The zero-order valence-corrected chi connectivity index (χ0v) is 15.7. The van der Waals surface area contributed by atoms with Gasteiger partial charge in [-0.3, -0.25) is 9.79 Å². The molecule has 138 valence electrons. The molecule has 2 aliphatic rings. The molecule has 0 aromatic rings. The van der Waals surface area contributed by atoms with Crippen LogP contribution in [-0.4, -0.2) is 73.0 Å². The summed E-state index contributed by atoms with van der Waals surface area (Å²) in [6, 6.07) is 1.11. The second kappa shape index (κ2) is 9.87. The van der Waals surface area contributed by atoms with Crippen molar-refractivity contribution in [2.45, 2.75) is 65.0 Å². The zero-order valence-electron chi connectivity index (χ0n) is 15.7. The lowest BCUT2D eigenvalue weighted by molar-refractivity contribution is -0.129. The van der Waals surface area contributed by atoms with E-state index < -0.39 is 0 Å². The monoisotopic (exact) mass is 337 g/mol. The van der Waals surface area contributed by atoms with Gasteiger partial charge in [0.05, 0.1) is 6.54 Å². The molecule has 0 aromatic heterocycles. The zero-order chi connectivity index (χ0) is 17.4. The fourth-order valence-corrected chi connectivity index (χ4v) is 3.46. The molecule has 2 fully saturated rings. The lowest BCUT2D eigenvalue weighted by Crippen LogP contribution is -2.49. The number of nitrogens with one attached hydrogen (secondary N) is 2. The minimum atomic E-state index is 0.248. The van der Waals surface area contributed by atoms with Crippen LogP contribution in [0.15, 0.2) is 4.99 Å². The summed E-state index contributed by atoms with van der Waals surface area (Å²) in [5, 5.41) is 6.85. The summed E-state index contributed by atoms with van der Waals surface area (Å²) >= 11 is 0. The van der Waals surface area contributed by atoms with Gasteiger partial charge in [0.2, 0.25) is 5.91 Å². The molecule has 24 heavy (non-hydrogen) atoms. The highest BCUT2D eigenvalue weighted by molar-refractivity contribution is 5.81. The van der Waals surface area contributed by atoms with E-state index in [1.165, 1.54) is 0 Å². The number of guanidine groups is 1. The van der Waals surface area contributed by atoms with E-state index in [0.29, 0.717) is 25.0 Å². The van der Waals surface area contributed by atoms with Crippen LogP contribution in [0, 0.1) is 0 Å². The average Bonchev–Trinajstić information content (AvgIpc) is 3.10. The van der Waals surface area contributed by atoms with Crippen molar-refractivity contribution in [3.8, 4) is 0 Å². The van der Waals surface area contributed by atoms with Gasteiger partial charge in [-0.25, -0.2) is 0 Å². The molecule has 0 saturated carbocycles. The first-order chi connectivity index (χ1) is 11.6. The number of carbonyl (C=O) groups is 1. The molecule has 1 amide bonds. The maximum atomic E-state index is 12.1. The SMILES string of the molecule is CCNC(=NCCC(=O)N1CCCC1)NC1CCN(C(C)C)CC1. The highest BCUT2D eigenvalue weighted by Crippen LogP contribution is 2.13. The quantitative estimate of drug-likeness (QED) is 0.569. The lowest BCUT2D eigenvalue weighted by Gasteiger charge is -2.35. The summed E-state index contributed by atoms with van der Waals surface area (Å²) in [6.45, 7) is 12.1. The van der Waals surface area contributed by atoms with Crippen LogP contribution in [0.4, 0.5) is 0 Å². The van der Waals surface area contributed by atoms with Crippen LogP contribution < -0.4 is 10.6 Å². The molecule has 2 aliphatic heterocycles. The van der Waals surface area contributed by atoms with Crippen molar-refractivity contribution in [3.05, 3.63) is 0 Å². The molecule has 0 aromatic carbocycles. The predicted molar refractivity (Wildman–Crippen MR) is 99.3 cm³/mol. The Morgan fingerprint density at radius 1 is 1.17 bits per heavy atom. The van der Waals surface area contributed by atoms with E-state index in [4.69, 9.17) is 0 Å². The number of nitrogens with zero attached hydrogens (tertiary/aromatic N) is 3. The fraction of sp³-hybridized carbons (Fsp3) is 0.889. The van der Waals surface area contributed by atoms with Crippen molar-refractivity contribution in [3.63, 3.8) is 0 Å². The molecule has 6 heteroatoms. The van der Waals surface area contributed by atoms with Crippen LogP contribution in [0.25, 0.3) is 0 Å². The van der Waals surface area contributed by atoms with Crippen LogP contribution in [0.5, 0.6) is 0 Å². The van der Waals surface area contributed by atoms with Crippen molar-refractivity contribution < 1.29 is 4.79 Å². The van der Waals surface area contributed by atoms with Crippen molar-refractivity contribution in [2.24, 2.45) is 4.99 Å². The van der Waals surface area contributed by atoms with E-state index in [1.807, 2.05) is 4.90 Å². The van der Waals surface area contributed by atoms with E-state index in [1.54, 1.807) is 0 Å². The van der Waals surface area contributed by atoms with E-state index >= 15 is 0 Å². The largest absolute Gasteiger partial charge is 0.357 e. The van der Waals surface area contributed by atoms with Crippen molar-refractivity contribution in [2.75, 3.05) is 39.3 Å². The molecule has 6 nitrogen and oxygen atoms in total. The highest BCUT2D eigenvalue weighted by atomic mass is 16.2. The molecular formula is C18H35N5O. The Balaban J connectivity index is 1.75. The second-order valence-electron chi connectivity index (χ2n) is 7.15. The molecule has 0 bridgehead atoms. The molecule has 2 heterocycles. The Morgan fingerprint density at radius 3 is 2.42 bits per heavy atom. The summed E-state index contributed by atoms with van der Waals surface area (Å²) in [5.74, 6) is 1.10. The maximum Gasteiger partial charge on any atom is 0.224 e. The molecule has 0 radical (unpaired) electrons. The second-order valence-corrected chi connectivity index (χ2v) is 7.15. The summed E-state index contributed by atoms with van der Waals surface area (Å²) < 4.78 is 0. The normalized spacial score (nSPS) is 20.7. The summed E-state index contributed by atoms with van der Waals surface area (Å²) in [5.41, 5.74) is 0. The molecule has 2 saturated heterocycles. The van der Waals surface area contributed by atoms with Gasteiger partial charge in [0.1, 0.15) is 0 Å². The van der Waals surface area contributed by atoms with Crippen molar-refractivity contribution >= 4 is 11.9 Å². The number of hydrogen-bond donors (Lipinski definition) is 2. The standard InChI is InChI=1S/C18H35N5O/c1-4-19-18(20-10-7-17(24)23-11-5-6-12-23)21-16-8-13-22(14-9-16)15(2)3/h15-16H,4-14H2,1-3H3,(H2,19,20,21). The van der Waals surface area contributed by atoms with E-state index in [-0.39, 0.29) is 5.91 Å². The summed E-state index contributed by atoms with van der Waals surface area (Å²) in [7, 11) is 0. The van der Waals surface area contributed by atoms with Gasteiger partial charge < -0.3 is 20.4 Å². The van der Waals surface area contributed by atoms with Crippen LogP contribution >= 0.6 is 0 Å². The Hall–Kier alpha value is -1.30. The Morgan fingerprint density at radius 2 is 1.83 bits per heavy atom. The number of rotatable bonds is 6. The van der Waals surface area contributed by atoms with Gasteiger partial charge in [-0.1, -0.05) is 0 Å². The number of hydrogen-bond acceptors (Lipinski definition) is 3. The molecule has 2 rings (SSSR count). The number of likely N-dealkylation sites (tertiary alicyclic amines) is 2. The number of carbonyl (C=O) groups excluding carboxylic acids is 1. The van der Waals surface area contributed by atoms with Crippen LogP contribution in [-0.2, 0) is 4.79 Å². The Kier molecular flexibility index (Phi) is 7.82. The van der Waals surface area contributed by atoms with Gasteiger partial charge in [-0.15, -0.1) is 0 Å². The predicted octanol–water partition coefficient (Wildman–Crippen LogP) is 1.43. The van der Waals surface area contributed by atoms with Gasteiger partial charge in [-0.2, -0.15) is 0 Å². The highest BCUT2D eigenvalue weighted by Gasteiger charge is 2.21. The lowest BCUT2D eigenvalue weighted by atomic mass is 10.0. The maximum absolute atomic E-state index is 12.1. The first-order valence-electron chi connectivity index (χ1n) is 9.66. The smallest absolute Gasteiger partial charge is 0.224 e.